The van der Waals surface area contributed by atoms with Crippen LogP contribution in [-0.2, 0) is 0 Å². The molecular formula is C21H29ClO3. The van der Waals surface area contributed by atoms with Crippen molar-refractivity contribution in [2.24, 2.45) is 0 Å². The number of unbranched alkanes of at least 4 members (excludes halogenated alkanes) is 4. The van der Waals surface area contributed by atoms with Gasteiger partial charge in [0, 0.05) is 11.3 Å². The van der Waals surface area contributed by atoms with Gasteiger partial charge in [-0.25, -0.2) is 0 Å². The average Bonchev–Trinajstić information content (AvgIpc) is 2.64. The fourth-order valence-electron chi connectivity index (χ4n) is 2.77. The Balaban J connectivity index is 2.05. The standard InChI is InChI=1S/C21H29ClO3/c1-3-4-7-14-24-18-10-11-19-17(16-18)9-12-20(21(19)23-2)25-15-8-5-6-13-22/h9-12,16H,3-8,13-15H2,1-2H3. The first kappa shape index (κ1) is 19.7. The Labute approximate surface area is 156 Å². The third kappa shape index (κ3) is 6.00. The van der Waals surface area contributed by atoms with E-state index in [0.29, 0.717) is 12.5 Å². The van der Waals surface area contributed by atoms with Crippen LogP contribution >= 0.6 is 11.6 Å². The summed E-state index contributed by atoms with van der Waals surface area (Å²) in [4.78, 5) is 0. The second kappa shape index (κ2) is 11.1. The van der Waals surface area contributed by atoms with Gasteiger partial charge in [-0.15, -0.1) is 11.6 Å². The number of rotatable bonds is 12. The molecule has 0 N–H and O–H groups in total. The summed E-state index contributed by atoms with van der Waals surface area (Å²) < 4.78 is 17.3. The van der Waals surface area contributed by atoms with Crippen LogP contribution < -0.4 is 14.2 Å². The van der Waals surface area contributed by atoms with Gasteiger partial charge in [0.05, 0.1) is 20.3 Å². The number of hydrogen-bond donors (Lipinski definition) is 0. The van der Waals surface area contributed by atoms with E-state index in [1.54, 1.807) is 7.11 Å². The van der Waals surface area contributed by atoms with Crippen molar-refractivity contribution in [2.45, 2.75) is 45.4 Å². The molecule has 0 aliphatic rings. The third-order valence-corrected chi connectivity index (χ3v) is 4.43. The molecule has 2 rings (SSSR count). The van der Waals surface area contributed by atoms with Crippen LogP contribution in [0.25, 0.3) is 10.8 Å². The fraction of sp³-hybridized carbons (Fsp3) is 0.524. The Morgan fingerprint density at radius 3 is 2.44 bits per heavy atom. The van der Waals surface area contributed by atoms with Gasteiger partial charge in [0.25, 0.3) is 0 Å². The van der Waals surface area contributed by atoms with Gasteiger partial charge in [-0.3, -0.25) is 0 Å². The van der Waals surface area contributed by atoms with E-state index >= 15 is 0 Å². The van der Waals surface area contributed by atoms with Crippen molar-refractivity contribution in [3.8, 4) is 17.2 Å². The zero-order valence-corrected chi connectivity index (χ0v) is 16.1. The largest absolute Gasteiger partial charge is 0.494 e. The van der Waals surface area contributed by atoms with E-state index < -0.39 is 0 Å². The summed E-state index contributed by atoms with van der Waals surface area (Å²) >= 11 is 5.70. The lowest BCUT2D eigenvalue weighted by Gasteiger charge is -2.14. The van der Waals surface area contributed by atoms with Crippen molar-refractivity contribution in [1.82, 2.24) is 0 Å². The Bertz CT molecular complexity index is 642. The summed E-state index contributed by atoms with van der Waals surface area (Å²) in [5.41, 5.74) is 0. The van der Waals surface area contributed by atoms with Gasteiger partial charge in [-0.05, 0) is 55.3 Å². The maximum atomic E-state index is 5.91. The summed E-state index contributed by atoms with van der Waals surface area (Å²) in [7, 11) is 1.68. The summed E-state index contributed by atoms with van der Waals surface area (Å²) in [5, 5.41) is 2.14. The van der Waals surface area contributed by atoms with E-state index in [4.69, 9.17) is 25.8 Å². The number of benzene rings is 2. The zero-order chi connectivity index (χ0) is 17.9. The van der Waals surface area contributed by atoms with Gasteiger partial charge in [0.15, 0.2) is 11.5 Å². The minimum Gasteiger partial charge on any atom is -0.494 e. The van der Waals surface area contributed by atoms with Crippen molar-refractivity contribution in [2.75, 3.05) is 26.2 Å². The van der Waals surface area contributed by atoms with Gasteiger partial charge in [0.2, 0.25) is 0 Å². The van der Waals surface area contributed by atoms with Crippen LogP contribution in [0.3, 0.4) is 0 Å². The van der Waals surface area contributed by atoms with Crippen molar-refractivity contribution in [3.05, 3.63) is 30.3 Å². The molecule has 0 aliphatic heterocycles. The monoisotopic (exact) mass is 364 g/mol. The molecule has 4 heteroatoms. The molecule has 0 heterocycles. The predicted molar refractivity (Wildman–Crippen MR) is 106 cm³/mol. The van der Waals surface area contributed by atoms with Crippen molar-refractivity contribution in [3.63, 3.8) is 0 Å². The molecule has 0 saturated heterocycles. The van der Waals surface area contributed by atoms with E-state index in [9.17, 15) is 0 Å². The molecule has 0 fully saturated rings. The maximum absolute atomic E-state index is 5.91. The number of methoxy groups -OCH3 is 1. The predicted octanol–water partition coefficient (Wildman–Crippen LogP) is 6.21. The molecule has 0 aliphatic carbocycles. The summed E-state index contributed by atoms with van der Waals surface area (Å²) in [6, 6.07) is 10.1. The van der Waals surface area contributed by atoms with E-state index in [0.717, 1.165) is 60.3 Å². The Kier molecular flexibility index (Phi) is 8.75. The molecule has 2 aromatic rings. The maximum Gasteiger partial charge on any atom is 0.168 e. The normalized spacial score (nSPS) is 10.8. The summed E-state index contributed by atoms with van der Waals surface area (Å²) in [6.07, 6.45) is 6.60. The highest BCUT2D eigenvalue weighted by molar-refractivity contribution is 6.17. The quantitative estimate of drug-likeness (QED) is 0.331. The Morgan fingerprint density at radius 2 is 1.68 bits per heavy atom. The van der Waals surface area contributed by atoms with Crippen LogP contribution in [-0.4, -0.2) is 26.2 Å². The van der Waals surface area contributed by atoms with Crippen molar-refractivity contribution < 1.29 is 14.2 Å². The third-order valence-electron chi connectivity index (χ3n) is 4.16. The topological polar surface area (TPSA) is 27.7 Å². The lowest BCUT2D eigenvalue weighted by atomic mass is 10.1. The van der Waals surface area contributed by atoms with E-state index in [1.807, 2.05) is 18.2 Å². The molecule has 0 radical (unpaired) electrons. The van der Waals surface area contributed by atoms with Crippen LogP contribution in [0, 0.1) is 0 Å². The highest BCUT2D eigenvalue weighted by Crippen LogP contribution is 2.37. The number of fused-ring (bicyclic) bond motifs is 1. The molecule has 3 nitrogen and oxygen atoms in total. The molecule has 0 spiro atoms. The molecule has 25 heavy (non-hydrogen) atoms. The molecule has 0 unspecified atom stereocenters. The smallest absolute Gasteiger partial charge is 0.168 e. The molecule has 0 aromatic heterocycles. The molecule has 2 aromatic carbocycles. The Hall–Kier alpha value is -1.61. The van der Waals surface area contributed by atoms with Crippen molar-refractivity contribution in [1.29, 1.82) is 0 Å². The van der Waals surface area contributed by atoms with Gasteiger partial charge in [-0.2, -0.15) is 0 Å². The van der Waals surface area contributed by atoms with Crippen LogP contribution in [0.5, 0.6) is 17.2 Å². The van der Waals surface area contributed by atoms with E-state index in [2.05, 4.69) is 19.1 Å². The molecular weight excluding hydrogens is 336 g/mol. The van der Waals surface area contributed by atoms with E-state index in [1.165, 1.54) is 12.8 Å². The fourth-order valence-corrected chi connectivity index (χ4v) is 2.96. The minimum atomic E-state index is 0.678. The number of alkyl halides is 1. The number of ether oxygens (including phenoxy) is 3. The second-order valence-corrected chi connectivity index (χ2v) is 6.51. The first-order valence-electron chi connectivity index (χ1n) is 9.22. The molecule has 0 bridgehead atoms. The van der Waals surface area contributed by atoms with Crippen LogP contribution in [0.15, 0.2) is 30.3 Å². The van der Waals surface area contributed by atoms with Crippen LogP contribution in [0.1, 0.15) is 45.4 Å². The zero-order valence-electron chi connectivity index (χ0n) is 15.4. The van der Waals surface area contributed by atoms with E-state index in [-0.39, 0.29) is 0 Å². The summed E-state index contributed by atoms with van der Waals surface area (Å²) in [6.45, 7) is 3.64. The minimum absolute atomic E-state index is 0.678. The van der Waals surface area contributed by atoms with Gasteiger partial charge in [-0.1, -0.05) is 25.8 Å². The SMILES string of the molecule is CCCCCOc1ccc2c(OC)c(OCCCCCCl)ccc2c1. The Morgan fingerprint density at radius 1 is 0.880 bits per heavy atom. The number of hydrogen-bond acceptors (Lipinski definition) is 3. The number of halogens is 1. The summed E-state index contributed by atoms with van der Waals surface area (Å²) in [5.74, 6) is 3.19. The van der Waals surface area contributed by atoms with Gasteiger partial charge in [0.1, 0.15) is 5.75 Å². The molecule has 0 amide bonds. The highest BCUT2D eigenvalue weighted by Gasteiger charge is 2.10. The first-order valence-corrected chi connectivity index (χ1v) is 9.76. The second-order valence-electron chi connectivity index (χ2n) is 6.13. The lowest BCUT2D eigenvalue weighted by Crippen LogP contribution is -2.00. The van der Waals surface area contributed by atoms with Gasteiger partial charge < -0.3 is 14.2 Å². The van der Waals surface area contributed by atoms with Crippen molar-refractivity contribution >= 4 is 22.4 Å². The van der Waals surface area contributed by atoms with Crippen LogP contribution in [0.4, 0.5) is 0 Å². The van der Waals surface area contributed by atoms with Crippen LogP contribution in [0.2, 0.25) is 0 Å². The highest BCUT2D eigenvalue weighted by atomic mass is 35.5. The molecule has 138 valence electrons. The molecule has 0 saturated carbocycles. The molecule has 0 atom stereocenters. The van der Waals surface area contributed by atoms with Gasteiger partial charge >= 0.3 is 0 Å². The average molecular weight is 365 g/mol. The first-order chi connectivity index (χ1) is 12.3. The lowest BCUT2D eigenvalue weighted by molar-refractivity contribution is 0.287.